The van der Waals surface area contributed by atoms with Gasteiger partial charge < -0.3 is 10.6 Å². The minimum Gasteiger partial charge on any atom is -0.374 e. The molecule has 2 N–H and O–H groups in total. The lowest BCUT2D eigenvalue weighted by molar-refractivity contribution is -0.122. The van der Waals surface area contributed by atoms with Gasteiger partial charge in [0.05, 0.1) is 0 Å². The summed E-state index contributed by atoms with van der Waals surface area (Å²) in [6, 6.07) is 8.28. The second kappa shape index (κ2) is 6.78. The van der Waals surface area contributed by atoms with E-state index in [4.69, 9.17) is 0 Å². The third-order valence-electron chi connectivity index (χ3n) is 3.53. The molecule has 0 saturated heterocycles. The quantitative estimate of drug-likeness (QED) is 0.861. The molecular formula is C17H28N2O. The van der Waals surface area contributed by atoms with Crippen LogP contribution in [0, 0.1) is 0 Å². The van der Waals surface area contributed by atoms with Crippen molar-refractivity contribution in [2.75, 3.05) is 5.32 Å². The van der Waals surface area contributed by atoms with Gasteiger partial charge in [0.2, 0.25) is 5.91 Å². The van der Waals surface area contributed by atoms with Crippen LogP contribution in [0.4, 0.5) is 5.69 Å². The lowest BCUT2D eigenvalue weighted by Gasteiger charge is -2.21. The maximum absolute atomic E-state index is 12.0. The van der Waals surface area contributed by atoms with Crippen LogP contribution in [0.15, 0.2) is 24.3 Å². The van der Waals surface area contributed by atoms with Gasteiger partial charge in [0.15, 0.2) is 0 Å². The highest BCUT2D eigenvalue weighted by atomic mass is 16.2. The van der Waals surface area contributed by atoms with Crippen LogP contribution in [0.25, 0.3) is 0 Å². The Hall–Kier alpha value is -1.51. The van der Waals surface area contributed by atoms with E-state index in [9.17, 15) is 4.79 Å². The van der Waals surface area contributed by atoms with Crippen LogP contribution in [0.3, 0.4) is 0 Å². The van der Waals surface area contributed by atoms with Crippen LogP contribution in [0.2, 0.25) is 0 Å². The molecule has 0 aromatic heterocycles. The van der Waals surface area contributed by atoms with Gasteiger partial charge in [-0.2, -0.15) is 0 Å². The molecule has 0 bridgehead atoms. The second-order valence-corrected chi connectivity index (χ2v) is 6.51. The van der Waals surface area contributed by atoms with Gasteiger partial charge in [-0.15, -0.1) is 0 Å². The number of benzene rings is 1. The minimum atomic E-state index is -0.232. The summed E-state index contributed by atoms with van der Waals surface area (Å²) in [6.07, 6.45) is 0.943. The van der Waals surface area contributed by atoms with Gasteiger partial charge in [0, 0.05) is 11.7 Å². The molecule has 112 valence electrons. The van der Waals surface area contributed by atoms with Gasteiger partial charge in [-0.05, 0) is 43.4 Å². The van der Waals surface area contributed by atoms with E-state index in [1.165, 1.54) is 5.56 Å². The van der Waals surface area contributed by atoms with Crippen molar-refractivity contribution in [1.29, 1.82) is 0 Å². The normalized spacial score (nSPS) is 14.5. The number of hydrogen-bond acceptors (Lipinski definition) is 2. The van der Waals surface area contributed by atoms with E-state index in [1.807, 2.05) is 26.0 Å². The summed E-state index contributed by atoms with van der Waals surface area (Å²) < 4.78 is 0. The van der Waals surface area contributed by atoms with Crippen molar-refractivity contribution in [1.82, 2.24) is 5.32 Å². The Labute approximate surface area is 123 Å². The van der Waals surface area contributed by atoms with Gasteiger partial charge in [0.25, 0.3) is 0 Å². The van der Waals surface area contributed by atoms with Gasteiger partial charge in [-0.1, -0.05) is 39.8 Å². The molecule has 0 fully saturated rings. The molecule has 2 unspecified atom stereocenters. The van der Waals surface area contributed by atoms with Gasteiger partial charge in [-0.25, -0.2) is 0 Å². The average molecular weight is 276 g/mol. The Morgan fingerprint density at radius 3 is 2.15 bits per heavy atom. The summed E-state index contributed by atoms with van der Waals surface area (Å²) in [7, 11) is 0. The van der Waals surface area contributed by atoms with Crippen molar-refractivity contribution in [3.63, 3.8) is 0 Å². The monoisotopic (exact) mass is 276 g/mol. The van der Waals surface area contributed by atoms with E-state index in [0.29, 0.717) is 0 Å². The van der Waals surface area contributed by atoms with Crippen molar-refractivity contribution in [3.8, 4) is 0 Å². The number of carbonyl (C=O) groups is 1. The molecule has 1 aromatic rings. The summed E-state index contributed by atoms with van der Waals surface area (Å²) >= 11 is 0. The van der Waals surface area contributed by atoms with Crippen LogP contribution in [-0.2, 0) is 10.2 Å². The molecule has 0 aliphatic carbocycles. The molecule has 20 heavy (non-hydrogen) atoms. The van der Waals surface area contributed by atoms with Crippen molar-refractivity contribution in [2.24, 2.45) is 0 Å². The van der Waals surface area contributed by atoms with Gasteiger partial charge in [0.1, 0.15) is 6.04 Å². The summed E-state index contributed by atoms with van der Waals surface area (Å²) in [4.78, 5) is 12.0. The van der Waals surface area contributed by atoms with Crippen LogP contribution < -0.4 is 10.6 Å². The molecule has 3 nitrogen and oxygen atoms in total. The first kappa shape index (κ1) is 16.5. The third-order valence-corrected chi connectivity index (χ3v) is 3.53. The van der Waals surface area contributed by atoms with E-state index in [-0.39, 0.29) is 23.4 Å². The van der Waals surface area contributed by atoms with Crippen molar-refractivity contribution in [3.05, 3.63) is 29.8 Å². The zero-order chi connectivity index (χ0) is 15.3. The van der Waals surface area contributed by atoms with E-state index in [2.05, 4.69) is 50.5 Å². The first-order valence-electron chi connectivity index (χ1n) is 7.41. The highest BCUT2D eigenvalue weighted by Gasteiger charge is 2.16. The SMILES string of the molecule is CCC(C)NC(=O)C(C)Nc1ccc(C(C)(C)C)cc1. The average Bonchev–Trinajstić information content (AvgIpc) is 2.38. The molecule has 0 heterocycles. The molecule has 0 aliphatic rings. The topological polar surface area (TPSA) is 41.1 Å². The fourth-order valence-electron chi connectivity index (χ4n) is 1.85. The Morgan fingerprint density at radius 1 is 1.15 bits per heavy atom. The van der Waals surface area contributed by atoms with Crippen LogP contribution >= 0.6 is 0 Å². The summed E-state index contributed by atoms with van der Waals surface area (Å²) in [5, 5.41) is 6.22. The number of hydrogen-bond donors (Lipinski definition) is 2. The van der Waals surface area contributed by atoms with Crippen molar-refractivity contribution < 1.29 is 4.79 Å². The summed E-state index contributed by atoms with van der Waals surface area (Å²) in [6.45, 7) is 12.5. The lowest BCUT2D eigenvalue weighted by atomic mass is 9.87. The highest BCUT2D eigenvalue weighted by molar-refractivity contribution is 5.84. The minimum absolute atomic E-state index is 0.0410. The van der Waals surface area contributed by atoms with Crippen LogP contribution in [0.1, 0.15) is 53.5 Å². The lowest BCUT2D eigenvalue weighted by Crippen LogP contribution is -2.41. The molecule has 0 aliphatic heterocycles. The molecule has 3 heteroatoms. The zero-order valence-corrected chi connectivity index (χ0v) is 13.6. The highest BCUT2D eigenvalue weighted by Crippen LogP contribution is 2.23. The number of anilines is 1. The summed E-state index contributed by atoms with van der Waals surface area (Å²) in [5.74, 6) is 0.0410. The second-order valence-electron chi connectivity index (χ2n) is 6.51. The van der Waals surface area contributed by atoms with Crippen molar-refractivity contribution >= 4 is 11.6 Å². The van der Waals surface area contributed by atoms with Crippen molar-refractivity contribution in [2.45, 2.75) is 65.5 Å². The maximum atomic E-state index is 12.0. The molecule has 1 aromatic carbocycles. The largest absolute Gasteiger partial charge is 0.374 e. The molecule has 1 rings (SSSR count). The van der Waals surface area contributed by atoms with E-state index in [0.717, 1.165) is 12.1 Å². The van der Waals surface area contributed by atoms with E-state index >= 15 is 0 Å². The number of carbonyl (C=O) groups excluding carboxylic acids is 1. The first-order chi connectivity index (χ1) is 9.24. The van der Waals surface area contributed by atoms with Crippen LogP contribution in [0.5, 0.6) is 0 Å². The predicted molar refractivity (Wildman–Crippen MR) is 86.1 cm³/mol. The van der Waals surface area contributed by atoms with E-state index < -0.39 is 0 Å². The third kappa shape index (κ3) is 4.87. The fourth-order valence-corrected chi connectivity index (χ4v) is 1.85. The number of nitrogens with one attached hydrogen (secondary N) is 2. The fraction of sp³-hybridized carbons (Fsp3) is 0.588. The molecule has 0 spiro atoms. The van der Waals surface area contributed by atoms with Gasteiger partial charge >= 0.3 is 0 Å². The Bertz CT molecular complexity index is 431. The Balaban J connectivity index is 2.62. The number of rotatable bonds is 5. The zero-order valence-electron chi connectivity index (χ0n) is 13.6. The Morgan fingerprint density at radius 2 is 1.70 bits per heavy atom. The molecule has 2 atom stereocenters. The summed E-state index contributed by atoms with van der Waals surface area (Å²) in [5.41, 5.74) is 2.42. The maximum Gasteiger partial charge on any atom is 0.242 e. The predicted octanol–water partition coefficient (Wildman–Crippen LogP) is 3.70. The smallest absolute Gasteiger partial charge is 0.242 e. The molecular weight excluding hydrogens is 248 g/mol. The van der Waals surface area contributed by atoms with E-state index in [1.54, 1.807) is 0 Å². The Kier molecular flexibility index (Phi) is 5.61. The van der Waals surface area contributed by atoms with Gasteiger partial charge in [-0.3, -0.25) is 4.79 Å². The standard InChI is InChI=1S/C17H28N2O/c1-7-12(2)18-16(20)13(3)19-15-10-8-14(9-11-15)17(4,5)6/h8-13,19H,7H2,1-6H3,(H,18,20). The molecule has 0 radical (unpaired) electrons. The van der Waals surface area contributed by atoms with Crippen LogP contribution in [-0.4, -0.2) is 18.0 Å². The molecule has 1 amide bonds. The number of amides is 1. The molecule has 0 saturated carbocycles. The first-order valence-corrected chi connectivity index (χ1v) is 7.41.